The Labute approximate surface area is 165 Å². The summed E-state index contributed by atoms with van der Waals surface area (Å²) in [5, 5.41) is 2.97. The number of imidazole rings is 1. The standard InChI is InChI=1S/C22H26N4O2/c1-3-26-20-11-8-17(23-22(27)16-6-9-18(28-2)10-7-16)14-19(20)24-21(26)15-25-12-4-5-13-25/h6-11,14H,3-5,12-13,15H2,1-2H3,(H,23,27). The molecule has 0 atom stereocenters. The summed E-state index contributed by atoms with van der Waals surface area (Å²) in [5.41, 5.74) is 3.37. The fourth-order valence-corrected chi connectivity index (χ4v) is 3.82. The first kappa shape index (κ1) is 18.5. The molecule has 1 amide bonds. The van der Waals surface area contributed by atoms with E-state index in [-0.39, 0.29) is 5.91 Å². The number of nitrogens with one attached hydrogen (secondary N) is 1. The maximum absolute atomic E-state index is 12.5. The predicted octanol–water partition coefficient (Wildman–Crippen LogP) is 3.91. The lowest BCUT2D eigenvalue weighted by atomic mass is 10.2. The fraction of sp³-hybridized carbons (Fsp3) is 0.364. The number of methoxy groups -OCH3 is 1. The van der Waals surface area contributed by atoms with Crippen LogP contribution >= 0.6 is 0 Å². The van der Waals surface area contributed by atoms with E-state index in [2.05, 4.69) is 21.7 Å². The summed E-state index contributed by atoms with van der Waals surface area (Å²) in [6, 6.07) is 13.0. The van der Waals surface area contributed by atoms with Crippen LogP contribution in [0, 0.1) is 0 Å². The van der Waals surface area contributed by atoms with Gasteiger partial charge in [-0.25, -0.2) is 4.98 Å². The molecule has 1 fully saturated rings. The minimum atomic E-state index is -0.144. The first-order valence-electron chi connectivity index (χ1n) is 9.85. The number of carbonyl (C=O) groups excluding carboxylic acids is 1. The lowest BCUT2D eigenvalue weighted by Gasteiger charge is -2.14. The molecule has 6 nitrogen and oxygen atoms in total. The van der Waals surface area contributed by atoms with Crippen molar-refractivity contribution in [3.05, 3.63) is 53.9 Å². The molecule has 146 valence electrons. The molecule has 1 saturated heterocycles. The Balaban J connectivity index is 1.55. The molecule has 1 N–H and O–H groups in total. The van der Waals surface area contributed by atoms with Gasteiger partial charge in [0.2, 0.25) is 0 Å². The highest BCUT2D eigenvalue weighted by Gasteiger charge is 2.17. The van der Waals surface area contributed by atoms with Gasteiger partial charge in [-0.15, -0.1) is 0 Å². The van der Waals surface area contributed by atoms with Gasteiger partial charge >= 0.3 is 0 Å². The molecule has 1 aliphatic heterocycles. The average Bonchev–Trinajstić information content (AvgIpc) is 3.35. The number of aromatic nitrogens is 2. The second kappa shape index (κ2) is 8.02. The Morgan fingerprint density at radius 3 is 2.57 bits per heavy atom. The number of rotatable bonds is 6. The molecule has 1 aromatic heterocycles. The fourth-order valence-electron chi connectivity index (χ4n) is 3.82. The van der Waals surface area contributed by atoms with Crippen molar-refractivity contribution in [1.29, 1.82) is 0 Å². The topological polar surface area (TPSA) is 59.4 Å². The van der Waals surface area contributed by atoms with Crippen LogP contribution in [0.3, 0.4) is 0 Å². The number of hydrogen-bond donors (Lipinski definition) is 1. The summed E-state index contributed by atoms with van der Waals surface area (Å²) in [7, 11) is 1.61. The minimum Gasteiger partial charge on any atom is -0.497 e. The molecule has 0 saturated carbocycles. The van der Waals surface area contributed by atoms with E-state index in [1.165, 1.54) is 12.8 Å². The van der Waals surface area contributed by atoms with Crippen LogP contribution in [0.2, 0.25) is 0 Å². The number of nitrogens with zero attached hydrogens (tertiary/aromatic N) is 3. The van der Waals surface area contributed by atoms with Gasteiger partial charge in [0.15, 0.2) is 0 Å². The van der Waals surface area contributed by atoms with Gasteiger partial charge in [-0.05, 0) is 75.3 Å². The smallest absolute Gasteiger partial charge is 0.255 e. The Morgan fingerprint density at radius 1 is 1.14 bits per heavy atom. The number of anilines is 1. The molecule has 0 unspecified atom stereocenters. The number of amides is 1. The van der Waals surface area contributed by atoms with Crippen molar-refractivity contribution in [3.63, 3.8) is 0 Å². The molecule has 0 radical (unpaired) electrons. The SMILES string of the molecule is CCn1c(CN2CCCC2)nc2cc(NC(=O)c3ccc(OC)cc3)ccc21. The van der Waals surface area contributed by atoms with Gasteiger partial charge in [0.05, 0.1) is 24.7 Å². The first-order valence-corrected chi connectivity index (χ1v) is 9.85. The van der Waals surface area contributed by atoms with E-state index in [1.54, 1.807) is 31.4 Å². The number of benzene rings is 2. The maximum Gasteiger partial charge on any atom is 0.255 e. The van der Waals surface area contributed by atoms with Crippen molar-refractivity contribution >= 4 is 22.6 Å². The molecule has 0 aliphatic carbocycles. The van der Waals surface area contributed by atoms with E-state index < -0.39 is 0 Å². The number of carbonyl (C=O) groups is 1. The average molecular weight is 378 g/mol. The molecule has 1 aliphatic rings. The lowest BCUT2D eigenvalue weighted by molar-refractivity contribution is 0.102. The molecule has 0 bridgehead atoms. The Morgan fingerprint density at radius 2 is 1.89 bits per heavy atom. The van der Waals surface area contributed by atoms with Crippen molar-refractivity contribution in [2.75, 3.05) is 25.5 Å². The third kappa shape index (κ3) is 3.73. The largest absolute Gasteiger partial charge is 0.497 e. The van der Waals surface area contributed by atoms with Crippen molar-refractivity contribution in [2.24, 2.45) is 0 Å². The second-order valence-electron chi connectivity index (χ2n) is 7.14. The van der Waals surface area contributed by atoms with Crippen molar-refractivity contribution < 1.29 is 9.53 Å². The molecule has 2 heterocycles. The zero-order valence-electron chi connectivity index (χ0n) is 16.4. The molecular weight excluding hydrogens is 352 g/mol. The second-order valence-corrected chi connectivity index (χ2v) is 7.14. The lowest BCUT2D eigenvalue weighted by Crippen LogP contribution is -2.21. The molecule has 28 heavy (non-hydrogen) atoms. The van der Waals surface area contributed by atoms with Crippen LogP contribution < -0.4 is 10.1 Å². The third-order valence-corrected chi connectivity index (χ3v) is 5.32. The van der Waals surface area contributed by atoms with E-state index >= 15 is 0 Å². The van der Waals surface area contributed by atoms with E-state index in [1.807, 2.05) is 18.2 Å². The van der Waals surface area contributed by atoms with Gasteiger partial charge in [-0.3, -0.25) is 9.69 Å². The van der Waals surface area contributed by atoms with Crippen molar-refractivity contribution in [2.45, 2.75) is 32.9 Å². The summed E-state index contributed by atoms with van der Waals surface area (Å²) in [5.74, 6) is 1.68. The third-order valence-electron chi connectivity index (χ3n) is 5.32. The van der Waals surface area contributed by atoms with Crippen LogP contribution in [0.25, 0.3) is 11.0 Å². The van der Waals surface area contributed by atoms with Gasteiger partial charge in [0.1, 0.15) is 11.6 Å². The van der Waals surface area contributed by atoms with Crippen LogP contribution in [0.5, 0.6) is 5.75 Å². The number of ether oxygens (including phenoxy) is 1. The van der Waals surface area contributed by atoms with Crippen LogP contribution in [-0.2, 0) is 13.1 Å². The Hall–Kier alpha value is -2.86. The number of hydrogen-bond acceptors (Lipinski definition) is 4. The first-order chi connectivity index (χ1) is 13.7. The molecule has 0 spiro atoms. The van der Waals surface area contributed by atoms with Gasteiger partial charge in [-0.1, -0.05) is 0 Å². The quantitative estimate of drug-likeness (QED) is 0.706. The van der Waals surface area contributed by atoms with Crippen molar-refractivity contribution in [1.82, 2.24) is 14.5 Å². The highest BCUT2D eigenvalue weighted by atomic mass is 16.5. The van der Waals surface area contributed by atoms with Crippen LogP contribution in [0.4, 0.5) is 5.69 Å². The van der Waals surface area contributed by atoms with Gasteiger partial charge in [0, 0.05) is 17.8 Å². The van der Waals surface area contributed by atoms with Gasteiger partial charge < -0.3 is 14.6 Å². The van der Waals surface area contributed by atoms with Crippen molar-refractivity contribution in [3.8, 4) is 5.75 Å². The van der Waals surface area contributed by atoms with Crippen LogP contribution in [0.15, 0.2) is 42.5 Å². The summed E-state index contributed by atoms with van der Waals surface area (Å²) in [6.45, 7) is 6.22. The zero-order valence-corrected chi connectivity index (χ0v) is 16.4. The summed E-state index contributed by atoms with van der Waals surface area (Å²) in [6.07, 6.45) is 2.54. The molecule has 4 rings (SSSR count). The van der Waals surface area contributed by atoms with E-state index in [9.17, 15) is 4.79 Å². The van der Waals surface area contributed by atoms with E-state index in [0.29, 0.717) is 5.56 Å². The predicted molar refractivity (Wildman–Crippen MR) is 111 cm³/mol. The molecule has 3 aromatic rings. The van der Waals surface area contributed by atoms with Crippen LogP contribution in [0.1, 0.15) is 35.9 Å². The van der Waals surface area contributed by atoms with E-state index in [0.717, 1.165) is 54.5 Å². The van der Waals surface area contributed by atoms with E-state index in [4.69, 9.17) is 9.72 Å². The monoisotopic (exact) mass is 378 g/mol. The summed E-state index contributed by atoms with van der Waals surface area (Å²) < 4.78 is 7.41. The number of fused-ring (bicyclic) bond motifs is 1. The maximum atomic E-state index is 12.5. The van der Waals surface area contributed by atoms with Crippen LogP contribution in [-0.4, -0.2) is 40.6 Å². The highest BCUT2D eigenvalue weighted by Crippen LogP contribution is 2.23. The normalized spacial score (nSPS) is 14.5. The Bertz CT molecular complexity index is 972. The highest BCUT2D eigenvalue weighted by molar-refractivity contribution is 6.05. The number of likely N-dealkylation sites (tertiary alicyclic amines) is 1. The summed E-state index contributed by atoms with van der Waals surface area (Å²) >= 11 is 0. The Kier molecular flexibility index (Phi) is 5.30. The van der Waals surface area contributed by atoms with Gasteiger partial charge in [0.25, 0.3) is 5.91 Å². The summed E-state index contributed by atoms with van der Waals surface area (Å²) in [4.78, 5) is 19.8. The number of aryl methyl sites for hydroxylation is 1. The molecule has 6 heteroatoms. The molecular formula is C22H26N4O2. The molecule has 2 aromatic carbocycles. The minimum absolute atomic E-state index is 0.144. The van der Waals surface area contributed by atoms with Gasteiger partial charge in [-0.2, -0.15) is 0 Å². The zero-order chi connectivity index (χ0) is 19.5.